The van der Waals surface area contributed by atoms with E-state index in [2.05, 4.69) is 24.3 Å². The minimum Gasteiger partial charge on any atom is -0.265 e. The van der Waals surface area contributed by atoms with Crippen molar-refractivity contribution >= 4 is 15.7 Å². The maximum absolute atomic E-state index is 13.0. The van der Waals surface area contributed by atoms with Gasteiger partial charge in [-0.3, -0.25) is 4.31 Å². The van der Waals surface area contributed by atoms with Crippen LogP contribution in [-0.4, -0.2) is 13.7 Å². The topological polar surface area (TPSA) is 37.4 Å². The summed E-state index contributed by atoms with van der Waals surface area (Å²) in [5.41, 5.74) is 5.10. The van der Waals surface area contributed by atoms with Gasteiger partial charge < -0.3 is 0 Å². The highest BCUT2D eigenvalue weighted by molar-refractivity contribution is 7.93. The molecule has 1 unspecified atom stereocenters. The third-order valence-corrected chi connectivity index (χ3v) is 7.07. The zero-order valence-electron chi connectivity index (χ0n) is 14.7. The van der Waals surface area contributed by atoms with Crippen LogP contribution in [0, 0.1) is 0 Å². The number of fused-ring (bicyclic) bond motifs is 1. The number of benzene rings is 3. The number of para-hydroxylation sites is 1. The van der Waals surface area contributed by atoms with Crippen molar-refractivity contribution in [3.63, 3.8) is 0 Å². The second-order valence-corrected chi connectivity index (χ2v) is 9.04. The van der Waals surface area contributed by atoms with Crippen molar-refractivity contribution in [2.45, 2.75) is 25.1 Å². The fraction of sp³-hybridized carbons (Fsp3) is 0.182. The fourth-order valence-electron chi connectivity index (χ4n) is 3.52. The Labute approximate surface area is 155 Å². The van der Waals surface area contributed by atoms with Crippen LogP contribution in [0.15, 0.2) is 78.9 Å². The Hall–Kier alpha value is -2.59. The van der Waals surface area contributed by atoms with Gasteiger partial charge in [0.1, 0.15) is 0 Å². The van der Waals surface area contributed by atoms with Crippen molar-refractivity contribution in [1.82, 2.24) is 0 Å². The van der Waals surface area contributed by atoms with E-state index in [1.165, 1.54) is 0 Å². The average molecular weight is 363 g/mol. The highest BCUT2D eigenvalue weighted by Crippen LogP contribution is 2.34. The summed E-state index contributed by atoms with van der Waals surface area (Å²) in [5.74, 6) is 0. The Bertz CT molecular complexity index is 1030. The first-order valence-electron chi connectivity index (χ1n) is 8.79. The minimum atomic E-state index is -3.36. The first-order chi connectivity index (χ1) is 12.6. The van der Waals surface area contributed by atoms with E-state index >= 15 is 0 Å². The first-order valence-corrected chi connectivity index (χ1v) is 10.3. The van der Waals surface area contributed by atoms with Gasteiger partial charge >= 0.3 is 0 Å². The summed E-state index contributed by atoms with van der Waals surface area (Å²) in [5, 5.41) is -0.408. The summed E-state index contributed by atoms with van der Waals surface area (Å²) >= 11 is 0. The summed E-state index contributed by atoms with van der Waals surface area (Å²) in [7, 11) is -3.36. The third-order valence-electron chi connectivity index (χ3n) is 4.94. The minimum absolute atomic E-state index is 0.352. The summed E-state index contributed by atoms with van der Waals surface area (Å²) in [6, 6.07) is 26.0. The molecular weight excluding hydrogens is 342 g/mol. The molecule has 0 radical (unpaired) electrons. The molecular formula is C22H21NO2S. The summed E-state index contributed by atoms with van der Waals surface area (Å²) in [4.78, 5) is 0. The van der Waals surface area contributed by atoms with Crippen LogP contribution in [0.2, 0.25) is 0 Å². The predicted molar refractivity (Wildman–Crippen MR) is 107 cm³/mol. The van der Waals surface area contributed by atoms with Gasteiger partial charge in [0, 0.05) is 0 Å². The zero-order chi connectivity index (χ0) is 18.1. The molecule has 0 bridgehead atoms. The van der Waals surface area contributed by atoms with E-state index in [1.54, 1.807) is 11.2 Å². The van der Waals surface area contributed by atoms with Crippen LogP contribution in [-0.2, 0) is 23.0 Å². The van der Waals surface area contributed by atoms with Gasteiger partial charge in [0.15, 0.2) is 0 Å². The van der Waals surface area contributed by atoms with Crippen LogP contribution in [0.25, 0.3) is 11.1 Å². The molecule has 1 heterocycles. The molecule has 0 aliphatic carbocycles. The quantitative estimate of drug-likeness (QED) is 0.680. The van der Waals surface area contributed by atoms with Gasteiger partial charge in [-0.1, -0.05) is 66.7 Å². The van der Waals surface area contributed by atoms with Crippen LogP contribution >= 0.6 is 0 Å². The second-order valence-electron chi connectivity index (χ2n) is 6.76. The predicted octanol–water partition coefficient (Wildman–Crippen LogP) is 4.63. The maximum Gasteiger partial charge on any atom is 0.238 e. The summed E-state index contributed by atoms with van der Waals surface area (Å²) in [6.45, 7) is 2.14. The van der Waals surface area contributed by atoms with Crippen LogP contribution in [0.5, 0.6) is 0 Å². The molecule has 0 amide bonds. The van der Waals surface area contributed by atoms with Gasteiger partial charge in [0.2, 0.25) is 10.0 Å². The lowest BCUT2D eigenvalue weighted by Crippen LogP contribution is -2.42. The van der Waals surface area contributed by atoms with Gasteiger partial charge in [0.05, 0.1) is 17.5 Å². The highest BCUT2D eigenvalue weighted by atomic mass is 32.2. The smallest absolute Gasteiger partial charge is 0.238 e. The molecule has 0 aromatic heterocycles. The molecule has 1 aliphatic heterocycles. The molecule has 26 heavy (non-hydrogen) atoms. The maximum atomic E-state index is 13.0. The standard InChI is InChI=1S/C22H21NO2S/c1-17-14-21-11-5-6-13-22(21)23(26(17,24)25)16-18-8-7-12-20(15-18)19-9-3-2-4-10-19/h2-13,15,17H,14,16H2,1H3. The molecule has 0 fully saturated rings. The molecule has 0 saturated carbocycles. The molecule has 1 aliphatic rings. The van der Waals surface area contributed by atoms with E-state index in [0.29, 0.717) is 13.0 Å². The molecule has 0 saturated heterocycles. The zero-order valence-corrected chi connectivity index (χ0v) is 15.5. The monoisotopic (exact) mass is 363 g/mol. The van der Waals surface area contributed by atoms with Gasteiger partial charge in [-0.05, 0) is 47.7 Å². The van der Waals surface area contributed by atoms with Crippen molar-refractivity contribution in [1.29, 1.82) is 0 Å². The van der Waals surface area contributed by atoms with Gasteiger partial charge in [0.25, 0.3) is 0 Å². The molecule has 0 N–H and O–H groups in total. The Morgan fingerprint density at radius 2 is 1.58 bits per heavy atom. The Morgan fingerprint density at radius 3 is 2.38 bits per heavy atom. The third kappa shape index (κ3) is 3.01. The van der Waals surface area contributed by atoms with E-state index in [1.807, 2.05) is 54.6 Å². The van der Waals surface area contributed by atoms with Gasteiger partial charge in [-0.2, -0.15) is 0 Å². The second kappa shape index (κ2) is 6.61. The molecule has 3 aromatic rings. The largest absolute Gasteiger partial charge is 0.265 e. The Morgan fingerprint density at radius 1 is 0.885 bits per heavy atom. The summed E-state index contributed by atoms with van der Waals surface area (Å²) in [6.07, 6.45) is 0.569. The van der Waals surface area contributed by atoms with Crippen LogP contribution in [0.1, 0.15) is 18.1 Å². The first kappa shape index (κ1) is 16.9. The van der Waals surface area contributed by atoms with Gasteiger partial charge in [-0.15, -0.1) is 0 Å². The Kier molecular flexibility index (Phi) is 4.29. The van der Waals surface area contributed by atoms with Crippen molar-refractivity contribution in [3.8, 4) is 11.1 Å². The lowest BCUT2D eigenvalue weighted by molar-refractivity contribution is 0.572. The van der Waals surface area contributed by atoms with Gasteiger partial charge in [-0.25, -0.2) is 8.42 Å². The van der Waals surface area contributed by atoms with E-state index in [9.17, 15) is 8.42 Å². The van der Waals surface area contributed by atoms with Crippen molar-refractivity contribution in [2.24, 2.45) is 0 Å². The van der Waals surface area contributed by atoms with Crippen molar-refractivity contribution in [2.75, 3.05) is 4.31 Å². The number of anilines is 1. The van der Waals surface area contributed by atoms with E-state index in [4.69, 9.17) is 0 Å². The molecule has 0 spiro atoms. The lowest BCUT2D eigenvalue weighted by Gasteiger charge is -2.34. The SMILES string of the molecule is CC1Cc2ccccc2N(Cc2cccc(-c3ccccc3)c2)S1(=O)=O. The fourth-order valence-corrected chi connectivity index (χ4v) is 5.12. The lowest BCUT2D eigenvalue weighted by atomic mass is 10.0. The number of rotatable bonds is 3. The number of hydrogen-bond donors (Lipinski definition) is 0. The molecule has 4 heteroatoms. The number of hydrogen-bond acceptors (Lipinski definition) is 2. The van der Waals surface area contributed by atoms with E-state index in [-0.39, 0.29) is 0 Å². The number of sulfonamides is 1. The van der Waals surface area contributed by atoms with Crippen LogP contribution in [0.4, 0.5) is 5.69 Å². The molecule has 132 valence electrons. The number of nitrogens with zero attached hydrogens (tertiary/aromatic N) is 1. The van der Waals surface area contributed by atoms with E-state index in [0.717, 1.165) is 27.9 Å². The molecule has 3 aromatic carbocycles. The molecule has 1 atom stereocenters. The summed E-state index contributed by atoms with van der Waals surface area (Å²) < 4.78 is 27.5. The van der Waals surface area contributed by atoms with Crippen LogP contribution in [0.3, 0.4) is 0 Å². The van der Waals surface area contributed by atoms with Crippen molar-refractivity contribution in [3.05, 3.63) is 90.0 Å². The normalized spacial score (nSPS) is 18.3. The van der Waals surface area contributed by atoms with E-state index < -0.39 is 15.3 Å². The molecule has 4 rings (SSSR count). The average Bonchev–Trinajstić information content (AvgIpc) is 2.67. The van der Waals surface area contributed by atoms with Crippen molar-refractivity contribution < 1.29 is 8.42 Å². The van der Waals surface area contributed by atoms with Crippen LogP contribution < -0.4 is 4.31 Å². The Balaban J connectivity index is 1.73. The highest BCUT2D eigenvalue weighted by Gasteiger charge is 2.35. The molecule has 3 nitrogen and oxygen atoms in total.